The predicted molar refractivity (Wildman–Crippen MR) is 102 cm³/mol. The zero-order chi connectivity index (χ0) is 16.9. The molecule has 0 saturated carbocycles. The maximum absolute atomic E-state index is 5.43. The van der Waals surface area contributed by atoms with Gasteiger partial charge in [-0.05, 0) is 41.8 Å². The second kappa shape index (κ2) is 7.89. The summed E-state index contributed by atoms with van der Waals surface area (Å²) in [5.74, 6) is 0. The van der Waals surface area contributed by atoms with Gasteiger partial charge in [-0.25, -0.2) is 0 Å². The maximum atomic E-state index is 5.43. The highest BCUT2D eigenvalue weighted by Gasteiger charge is 2.12. The van der Waals surface area contributed by atoms with Gasteiger partial charge in [0.25, 0.3) is 0 Å². The summed E-state index contributed by atoms with van der Waals surface area (Å²) in [6.45, 7) is 7.28. The lowest BCUT2D eigenvalue weighted by atomic mass is 10.0. The quantitative estimate of drug-likeness (QED) is 0.856. The largest absolute Gasteiger partial charge is 0.378 e. The van der Waals surface area contributed by atoms with Crippen molar-refractivity contribution >= 4 is 11.4 Å². The van der Waals surface area contributed by atoms with E-state index in [1.807, 2.05) is 0 Å². The van der Waals surface area contributed by atoms with Crippen LogP contribution in [0.15, 0.2) is 48.5 Å². The molecule has 132 valence electrons. The van der Waals surface area contributed by atoms with Crippen LogP contribution < -0.4 is 9.80 Å². The first-order valence-electron chi connectivity index (χ1n) is 9.22. The standard InChI is InChI=1S/C21H26N2O2/c1-5-20(22-9-13-24-14-10-22)6-2-18(1)17-19-3-7-21(8-4-19)23-11-15-25-16-12-23/h1-8H,9-17H2. The fraction of sp³-hybridized carbons (Fsp3) is 0.429. The van der Waals surface area contributed by atoms with Crippen LogP contribution in [0.2, 0.25) is 0 Å². The summed E-state index contributed by atoms with van der Waals surface area (Å²) in [6.07, 6.45) is 0.979. The number of benzene rings is 2. The Morgan fingerprint density at radius 1 is 0.560 bits per heavy atom. The van der Waals surface area contributed by atoms with E-state index in [1.54, 1.807) is 0 Å². The van der Waals surface area contributed by atoms with Gasteiger partial charge < -0.3 is 19.3 Å². The molecular formula is C21H26N2O2. The molecular weight excluding hydrogens is 312 g/mol. The number of ether oxygens (including phenoxy) is 2. The van der Waals surface area contributed by atoms with Crippen LogP contribution in [0.1, 0.15) is 11.1 Å². The predicted octanol–water partition coefficient (Wildman–Crippen LogP) is 2.95. The van der Waals surface area contributed by atoms with E-state index in [0.29, 0.717) is 0 Å². The highest BCUT2D eigenvalue weighted by atomic mass is 16.5. The molecule has 0 aliphatic carbocycles. The first-order valence-corrected chi connectivity index (χ1v) is 9.22. The van der Waals surface area contributed by atoms with Crippen LogP contribution in [0.25, 0.3) is 0 Å². The minimum Gasteiger partial charge on any atom is -0.378 e. The second-order valence-corrected chi connectivity index (χ2v) is 6.71. The number of anilines is 2. The molecule has 2 aliphatic heterocycles. The lowest BCUT2D eigenvalue weighted by Crippen LogP contribution is -2.36. The Morgan fingerprint density at radius 3 is 1.28 bits per heavy atom. The fourth-order valence-corrected chi connectivity index (χ4v) is 3.53. The molecule has 2 aromatic rings. The van der Waals surface area contributed by atoms with Gasteiger partial charge in [-0.2, -0.15) is 0 Å². The Labute approximate surface area is 150 Å². The van der Waals surface area contributed by atoms with E-state index >= 15 is 0 Å². The molecule has 0 bridgehead atoms. The van der Waals surface area contributed by atoms with Gasteiger partial charge in [0.05, 0.1) is 26.4 Å². The molecule has 2 aromatic carbocycles. The molecule has 2 heterocycles. The lowest BCUT2D eigenvalue weighted by molar-refractivity contribution is 0.122. The van der Waals surface area contributed by atoms with E-state index < -0.39 is 0 Å². The van der Waals surface area contributed by atoms with Gasteiger partial charge in [0.15, 0.2) is 0 Å². The number of rotatable bonds is 4. The molecule has 4 rings (SSSR count). The van der Waals surface area contributed by atoms with Gasteiger partial charge in [-0.15, -0.1) is 0 Å². The van der Waals surface area contributed by atoms with Crippen molar-refractivity contribution in [3.05, 3.63) is 59.7 Å². The van der Waals surface area contributed by atoms with E-state index in [4.69, 9.17) is 9.47 Å². The van der Waals surface area contributed by atoms with Crippen molar-refractivity contribution in [1.82, 2.24) is 0 Å². The summed E-state index contributed by atoms with van der Waals surface area (Å²) >= 11 is 0. The molecule has 0 radical (unpaired) electrons. The van der Waals surface area contributed by atoms with Gasteiger partial charge >= 0.3 is 0 Å². The molecule has 4 heteroatoms. The van der Waals surface area contributed by atoms with Crippen LogP contribution in [0, 0.1) is 0 Å². The Kier molecular flexibility index (Phi) is 5.19. The zero-order valence-corrected chi connectivity index (χ0v) is 14.7. The van der Waals surface area contributed by atoms with Crippen LogP contribution in [0.4, 0.5) is 11.4 Å². The van der Waals surface area contributed by atoms with E-state index in [1.165, 1.54) is 22.5 Å². The van der Waals surface area contributed by atoms with Crippen molar-refractivity contribution in [3.8, 4) is 0 Å². The minimum atomic E-state index is 0.831. The van der Waals surface area contributed by atoms with Crippen LogP contribution in [0.5, 0.6) is 0 Å². The van der Waals surface area contributed by atoms with Crippen molar-refractivity contribution in [3.63, 3.8) is 0 Å². The van der Waals surface area contributed by atoms with E-state index in [9.17, 15) is 0 Å². The maximum Gasteiger partial charge on any atom is 0.0642 e. The van der Waals surface area contributed by atoms with Crippen LogP contribution in [-0.4, -0.2) is 52.6 Å². The number of hydrogen-bond acceptors (Lipinski definition) is 4. The van der Waals surface area contributed by atoms with Crippen molar-refractivity contribution in [2.75, 3.05) is 62.4 Å². The summed E-state index contributed by atoms with van der Waals surface area (Å²) in [6, 6.07) is 18.0. The van der Waals surface area contributed by atoms with E-state index in [2.05, 4.69) is 58.3 Å². The van der Waals surface area contributed by atoms with Crippen molar-refractivity contribution in [1.29, 1.82) is 0 Å². The molecule has 4 nitrogen and oxygen atoms in total. The van der Waals surface area contributed by atoms with Crippen LogP contribution >= 0.6 is 0 Å². The third-order valence-corrected chi connectivity index (χ3v) is 5.03. The van der Waals surface area contributed by atoms with Gasteiger partial charge in [0.1, 0.15) is 0 Å². The van der Waals surface area contributed by atoms with Gasteiger partial charge in [-0.1, -0.05) is 24.3 Å². The van der Waals surface area contributed by atoms with Crippen molar-refractivity contribution < 1.29 is 9.47 Å². The summed E-state index contributed by atoms with van der Waals surface area (Å²) < 4.78 is 10.9. The Balaban J connectivity index is 1.38. The number of hydrogen-bond donors (Lipinski definition) is 0. The average Bonchev–Trinajstić information content (AvgIpc) is 2.71. The lowest BCUT2D eigenvalue weighted by Gasteiger charge is -2.29. The zero-order valence-electron chi connectivity index (χ0n) is 14.7. The normalized spacial score (nSPS) is 18.4. The molecule has 25 heavy (non-hydrogen) atoms. The molecule has 0 unspecified atom stereocenters. The Hall–Kier alpha value is -2.04. The summed E-state index contributed by atoms with van der Waals surface area (Å²) in [4.78, 5) is 4.79. The summed E-state index contributed by atoms with van der Waals surface area (Å²) in [7, 11) is 0. The SMILES string of the molecule is c1cc(N2CCOCC2)ccc1Cc1ccc(N2CCOCC2)cc1. The first-order chi connectivity index (χ1) is 12.4. The monoisotopic (exact) mass is 338 g/mol. The molecule has 0 aromatic heterocycles. The Bertz CT molecular complexity index is 598. The second-order valence-electron chi connectivity index (χ2n) is 6.71. The highest BCUT2D eigenvalue weighted by Crippen LogP contribution is 2.21. The Morgan fingerprint density at radius 2 is 0.920 bits per heavy atom. The smallest absolute Gasteiger partial charge is 0.0642 e. The molecule has 2 fully saturated rings. The fourth-order valence-electron chi connectivity index (χ4n) is 3.53. The molecule has 0 amide bonds. The minimum absolute atomic E-state index is 0.831. The third kappa shape index (κ3) is 4.14. The van der Waals surface area contributed by atoms with Gasteiger partial charge in [-0.3, -0.25) is 0 Å². The van der Waals surface area contributed by atoms with E-state index in [0.717, 1.165) is 59.0 Å². The molecule has 0 atom stereocenters. The topological polar surface area (TPSA) is 24.9 Å². The molecule has 2 aliphatic rings. The molecule has 2 saturated heterocycles. The molecule has 0 spiro atoms. The summed E-state index contributed by atoms with van der Waals surface area (Å²) in [5, 5.41) is 0. The first kappa shape index (κ1) is 16.4. The highest BCUT2D eigenvalue weighted by molar-refractivity contribution is 5.50. The molecule has 0 N–H and O–H groups in total. The van der Waals surface area contributed by atoms with E-state index in [-0.39, 0.29) is 0 Å². The summed E-state index contributed by atoms with van der Waals surface area (Å²) in [5.41, 5.74) is 5.32. The average molecular weight is 338 g/mol. The van der Waals surface area contributed by atoms with Crippen molar-refractivity contribution in [2.45, 2.75) is 6.42 Å². The number of nitrogens with zero attached hydrogens (tertiary/aromatic N) is 2. The third-order valence-electron chi connectivity index (χ3n) is 5.03. The number of morpholine rings is 2. The van der Waals surface area contributed by atoms with Gasteiger partial charge in [0, 0.05) is 37.6 Å². The van der Waals surface area contributed by atoms with Gasteiger partial charge in [0.2, 0.25) is 0 Å². The van der Waals surface area contributed by atoms with Crippen LogP contribution in [0.3, 0.4) is 0 Å². The van der Waals surface area contributed by atoms with Crippen molar-refractivity contribution in [2.24, 2.45) is 0 Å². The van der Waals surface area contributed by atoms with Crippen LogP contribution in [-0.2, 0) is 15.9 Å².